The molecule has 1 heterocycles. The van der Waals surface area contributed by atoms with Crippen LogP contribution in [0, 0.1) is 6.92 Å². The molecule has 0 fully saturated rings. The van der Waals surface area contributed by atoms with E-state index in [1.165, 1.54) is 17.2 Å². The second kappa shape index (κ2) is 8.92. The Labute approximate surface area is 179 Å². The molecule has 2 aromatic rings. The first-order valence-corrected chi connectivity index (χ1v) is 10.2. The maximum absolute atomic E-state index is 12.3. The predicted molar refractivity (Wildman–Crippen MR) is 119 cm³/mol. The molecule has 1 N–H and O–H groups in total. The highest BCUT2D eigenvalue weighted by Gasteiger charge is 2.47. The van der Waals surface area contributed by atoms with Crippen LogP contribution in [0.2, 0.25) is 0 Å². The van der Waals surface area contributed by atoms with Crippen LogP contribution < -0.4 is 10.1 Å². The van der Waals surface area contributed by atoms with Gasteiger partial charge in [0.1, 0.15) is 17.5 Å². The molecule has 0 aliphatic carbocycles. The summed E-state index contributed by atoms with van der Waals surface area (Å²) in [6, 6.07) is 14.4. The lowest BCUT2D eigenvalue weighted by molar-refractivity contribution is -0.175. The zero-order chi connectivity index (χ0) is 21.9. The Morgan fingerprint density at radius 2 is 1.87 bits per heavy atom. The lowest BCUT2D eigenvalue weighted by Crippen LogP contribution is -2.51. The van der Waals surface area contributed by atoms with E-state index in [2.05, 4.69) is 36.5 Å². The molecule has 30 heavy (non-hydrogen) atoms. The van der Waals surface area contributed by atoms with E-state index in [1.807, 2.05) is 45.9 Å². The van der Waals surface area contributed by atoms with Gasteiger partial charge >= 0.3 is 5.97 Å². The second-order valence-electron chi connectivity index (χ2n) is 8.53. The van der Waals surface area contributed by atoms with E-state index >= 15 is 0 Å². The molecule has 0 saturated carbocycles. The Kier molecular flexibility index (Phi) is 6.52. The van der Waals surface area contributed by atoms with Crippen molar-refractivity contribution in [3.8, 4) is 5.75 Å². The monoisotopic (exact) mass is 409 g/mol. The number of methoxy groups -OCH3 is 1. The number of ether oxygens (including phenoxy) is 3. The van der Waals surface area contributed by atoms with Crippen LogP contribution in [0.4, 0.5) is 5.69 Å². The van der Waals surface area contributed by atoms with Gasteiger partial charge in [-0.05, 0) is 58.4 Å². The summed E-state index contributed by atoms with van der Waals surface area (Å²) < 4.78 is 17.8. The number of carbonyl (C=O) groups is 1. The third-order valence-electron chi connectivity index (χ3n) is 5.17. The number of hydrogen-bond donors (Lipinski definition) is 1. The number of rotatable bonds is 6. The zero-order valence-electron chi connectivity index (χ0n) is 18.6. The molecule has 0 amide bonds. The number of esters is 1. The van der Waals surface area contributed by atoms with Crippen LogP contribution in [-0.4, -0.2) is 24.8 Å². The smallest absolute Gasteiger partial charge is 0.331 e. The number of anilines is 1. The van der Waals surface area contributed by atoms with Gasteiger partial charge in [-0.2, -0.15) is 0 Å². The van der Waals surface area contributed by atoms with Crippen LogP contribution in [0.25, 0.3) is 0 Å². The van der Waals surface area contributed by atoms with Crippen molar-refractivity contribution in [3.05, 3.63) is 70.8 Å². The summed E-state index contributed by atoms with van der Waals surface area (Å²) in [6.07, 6.45) is 0.475. The maximum atomic E-state index is 12.3. The Morgan fingerprint density at radius 1 is 1.17 bits per heavy atom. The van der Waals surface area contributed by atoms with E-state index in [0.717, 1.165) is 22.6 Å². The van der Waals surface area contributed by atoms with E-state index in [-0.39, 0.29) is 0 Å². The van der Waals surface area contributed by atoms with Crippen LogP contribution in [-0.2, 0) is 20.8 Å². The van der Waals surface area contributed by atoms with Crippen molar-refractivity contribution >= 4 is 11.7 Å². The minimum atomic E-state index is -0.727. The van der Waals surface area contributed by atoms with Crippen LogP contribution in [0.3, 0.4) is 0 Å². The fourth-order valence-electron chi connectivity index (χ4n) is 3.60. The number of hydrogen-bond acceptors (Lipinski definition) is 5. The van der Waals surface area contributed by atoms with E-state index in [0.29, 0.717) is 6.54 Å². The minimum absolute atomic E-state index is 0.393. The number of allylic oxidation sites excluding steroid dienone is 1. The first-order chi connectivity index (χ1) is 14.2. The molecule has 1 aliphatic heterocycles. The molecule has 2 unspecified atom stereocenters. The van der Waals surface area contributed by atoms with Gasteiger partial charge in [-0.25, -0.2) is 4.79 Å². The highest BCUT2D eigenvalue weighted by molar-refractivity contribution is 5.83. The summed E-state index contributed by atoms with van der Waals surface area (Å²) >= 11 is 0. The lowest BCUT2D eigenvalue weighted by atomic mass is 9.88. The molecular formula is C25H31NO4. The van der Waals surface area contributed by atoms with Crippen LogP contribution in [0.5, 0.6) is 5.75 Å². The van der Waals surface area contributed by atoms with Gasteiger partial charge < -0.3 is 19.5 Å². The Morgan fingerprint density at radius 3 is 2.50 bits per heavy atom. The van der Waals surface area contributed by atoms with Crippen LogP contribution in [0.15, 0.2) is 54.1 Å². The van der Waals surface area contributed by atoms with Crippen molar-refractivity contribution in [2.24, 2.45) is 0 Å². The molecule has 0 spiro atoms. The van der Waals surface area contributed by atoms with Crippen LogP contribution in [0.1, 0.15) is 50.5 Å². The molecule has 0 radical (unpaired) electrons. The Balaban J connectivity index is 1.83. The lowest BCUT2D eigenvalue weighted by Gasteiger charge is -2.43. The van der Waals surface area contributed by atoms with Gasteiger partial charge in [-0.15, -0.1) is 0 Å². The van der Waals surface area contributed by atoms with Gasteiger partial charge in [-0.1, -0.05) is 35.4 Å². The third kappa shape index (κ3) is 5.03. The maximum Gasteiger partial charge on any atom is 0.331 e. The summed E-state index contributed by atoms with van der Waals surface area (Å²) in [5, 5.41) is 3.45. The van der Waals surface area contributed by atoms with E-state index in [4.69, 9.17) is 14.2 Å². The van der Waals surface area contributed by atoms with Crippen molar-refractivity contribution in [2.75, 3.05) is 12.4 Å². The van der Waals surface area contributed by atoms with Gasteiger partial charge in [0.15, 0.2) is 6.10 Å². The quantitative estimate of drug-likeness (QED) is 0.515. The summed E-state index contributed by atoms with van der Waals surface area (Å²) in [5.74, 6) is 0.345. The summed E-state index contributed by atoms with van der Waals surface area (Å²) in [7, 11) is 1.63. The Hall–Kier alpha value is -2.79. The highest BCUT2D eigenvalue weighted by Crippen LogP contribution is 2.44. The van der Waals surface area contributed by atoms with Gasteiger partial charge in [0.25, 0.3) is 0 Å². The van der Waals surface area contributed by atoms with Gasteiger partial charge in [-0.3, -0.25) is 0 Å². The van der Waals surface area contributed by atoms with Crippen molar-refractivity contribution < 1.29 is 19.0 Å². The third-order valence-corrected chi connectivity index (χ3v) is 5.17. The molecule has 0 bridgehead atoms. The molecule has 1 aliphatic rings. The topological polar surface area (TPSA) is 56.8 Å². The fourth-order valence-corrected chi connectivity index (χ4v) is 3.60. The average molecular weight is 410 g/mol. The zero-order valence-corrected chi connectivity index (χ0v) is 18.6. The summed E-state index contributed by atoms with van der Waals surface area (Å²) in [5.41, 5.74) is 4.41. The molecule has 3 rings (SSSR count). The van der Waals surface area contributed by atoms with Gasteiger partial charge in [0.05, 0.1) is 0 Å². The SMILES string of the molecule is COC1c2cc(NCc3ccc(C)cc3)ccc2OC(C)(C)C1OC(=O)C=C(C)C. The van der Waals surface area contributed by atoms with E-state index < -0.39 is 23.8 Å². The summed E-state index contributed by atoms with van der Waals surface area (Å²) in [6.45, 7) is 10.3. The number of aryl methyl sites for hydroxylation is 1. The van der Waals surface area contributed by atoms with Crippen molar-refractivity contribution in [1.82, 2.24) is 0 Å². The average Bonchev–Trinajstić information content (AvgIpc) is 2.67. The van der Waals surface area contributed by atoms with Crippen LogP contribution >= 0.6 is 0 Å². The standard InChI is InChI=1S/C25H31NO4/c1-16(2)13-22(27)29-24-23(28-6)20-14-19(11-12-21(20)30-25(24,4)5)26-15-18-9-7-17(3)8-10-18/h7-14,23-24,26H,15H2,1-6H3. The molecule has 5 heteroatoms. The molecule has 160 valence electrons. The number of fused-ring (bicyclic) bond motifs is 1. The summed E-state index contributed by atoms with van der Waals surface area (Å²) in [4.78, 5) is 12.3. The molecule has 2 atom stereocenters. The van der Waals surface area contributed by atoms with Crippen molar-refractivity contribution in [3.63, 3.8) is 0 Å². The van der Waals surface area contributed by atoms with Crippen molar-refractivity contribution in [2.45, 2.75) is 59.0 Å². The van der Waals surface area contributed by atoms with Gasteiger partial charge in [0, 0.05) is 31.0 Å². The minimum Gasteiger partial charge on any atom is -0.483 e. The highest BCUT2D eigenvalue weighted by atomic mass is 16.6. The number of nitrogens with one attached hydrogen (secondary N) is 1. The largest absolute Gasteiger partial charge is 0.483 e. The number of benzene rings is 2. The van der Waals surface area contributed by atoms with Gasteiger partial charge in [0.2, 0.25) is 0 Å². The molecule has 2 aromatic carbocycles. The molecule has 5 nitrogen and oxygen atoms in total. The van der Waals surface area contributed by atoms with E-state index in [9.17, 15) is 4.79 Å². The fraction of sp³-hybridized carbons (Fsp3) is 0.400. The molecule has 0 saturated heterocycles. The number of carbonyl (C=O) groups excluding carboxylic acids is 1. The second-order valence-corrected chi connectivity index (χ2v) is 8.53. The normalized spacial score (nSPS) is 19.3. The molecular weight excluding hydrogens is 378 g/mol. The van der Waals surface area contributed by atoms with E-state index in [1.54, 1.807) is 7.11 Å². The first kappa shape index (κ1) is 21.9. The predicted octanol–water partition coefficient (Wildman–Crippen LogP) is 5.34. The first-order valence-electron chi connectivity index (χ1n) is 10.2. The van der Waals surface area contributed by atoms with Crippen molar-refractivity contribution in [1.29, 1.82) is 0 Å². The Bertz CT molecular complexity index is 927. The molecule has 0 aromatic heterocycles.